The van der Waals surface area contributed by atoms with Crippen molar-refractivity contribution < 1.29 is 14.2 Å². The Morgan fingerprint density at radius 1 is 1.00 bits per heavy atom. The van der Waals surface area contributed by atoms with Gasteiger partial charge in [-0.2, -0.15) is 0 Å². The molecule has 0 saturated carbocycles. The summed E-state index contributed by atoms with van der Waals surface area (Å²) < 4.78 is 15.2. The van der Waals surface area contributed by atoms with Crippen molar-refractivity contribution in [1.29, 1.82) is 0 Å². The van der Waals surface area contributed by atoms with Crippen LogP contribution < -0.4 is 14.2 Å². The number of fused-ring (bicyclic) bond motifs is 1. The fourth-order valence-corrected chi connectivity index (χ4v) is 1.03. The fourth-order valence-electron chi connectivity index (χ4n) is 1.03. The molecular weight excluding hydrogens is 144 g/mol. The molecule has 3 nitrogen and oxygen atoms in total. The van der Waals surface area contributed by atoms with Gasteiger partial charge in [-0.3, -0.25) is 0 Å². The third kappa shape index (κ3) is 0.808. The standard InChI is InChI=1S/C8H8O3/c1-9-5-3-4-6(10-2)8-7(5)11-8/h3-4H,1-2H3. The highest BCUT2D eigenvalue weighted by Crippen LogP contribution is 2.58. The lowest BCUT2D eigenvalue weighted by Crippen LogP contribution is -1.80. The van der Waals surface area contributed by atoms with Crippen molar-refractivity contribution in [1.82, 2.24) is 0 Å². The summed E-state index contributed by atoms with van der Waals surface area (Å²) in [5.41, 5.74) is 0. The molecule has 0 amide bonds. The van der Waals surface area contributed by atoms with Crippen molar-refractivity contribution in [3.63, 3.8) is 0 Å². The molecule has 11 heavy (non-hydrogen) atoms. The molecule has 0 saturated heterocycles. The van der Waals surface area contributed by atoms with Gasteiger partial charge in [-0.25, -0.2) is 0 Å². The van der Waals surface area contributed by atoms with Gasteiger partial charge in [0.2, 0.25) is 11.5 Å². The Bertz CT molecular complexity index is 265. The first-order chi connectivity index (χ1) is 5.36. The topological polar surface area (TPSA) is 31.0 Å². The molecule has 0 N–H and O–H groups in total. The third-order valence-corrected chi connectivity index (χ3v) is 1.64. The molecule has 1 aliphatic heterocycles. The Kier molecular flexibility index (Phi) is 1.18. The zero-order valence-electron chi connectivity index (χ0n) is 6.38. The number of benzene rings is 1. The molecule has 0 unspecified atom stereocenters. The SMILES string of the molecule is COc1ccc(OC)c2c1O2. The molecule has 0 spiro atoms. The lowest BCUT2D eigenvalue weighted by atomic mass is 10.3. The van der Waals surface area contributed by atoms with E-state index in [1.54, 1.807) is 14.2 Å². The van der Waals surface area contributed by atoms with Crippen molar-refractivity contribution in [2.45, 2.75) is 0 Å². The lowest BCUT2D eigenvalue weighted by molar-refractivity contribution is 0.408. The molecule has 1 aromatic rings. The van der Waals surface area contributed by atoms with Crippen LogP contribution in [0.15, 0.2) is 12.1 Å². The third-order valence-electron chi connectivity index (χ3n) is 1.64. The molecular formula is C8H8O3. The highest BCUT2D eigenvalue weighted by molar-refractivity contribution is 5.69. The Morgan fingerprint density at radius 2 is 1.45 bits per heavy atom. The summed E-state index contributed by atoms with van der Waals surface area (Å²) in [6, 6.07) is 3.65. The van der Waals surface area contributed by atoms with E-state index in [0.717, 1.165) is 23.0 Å². The largest absolute Gasteiger partial charge is 0.493 e. The van der Waals surface area contributed by atoms with Crippen LogP contribution in [-0.4, -0.2) is 14.2 Å². The predicted octanol–water partition coefficient (Wildman–Crippen LogP) is 1.81. The highest BCUT2D eigenvalue weighted by Gasteiger charge is 2.30. The van der Waals surface area contributed by atoms with Gasteiger partial charge in [0, 0.05) is 0 Å². The monoisotopic (exact) mass is 152 g/mol. The fraction of sp³-hybridized carbons (Fsp3) is 0.250. The Morgan fingerprint density at radius 3 is 1.82 bits per heavy atom. The van der Waals surface area contributed by atoms with E-state index in [4.69, 9.17) is 14.2 Å². The van der Waals surface area contributed by atoms with Crippen molar-refractivity contribution in [2.75, 3.05) is 14.2 Å². The number of ether oxygens (including phenoxy) is 3. The summed E-state index contributed by atoms with van der Waals surface area (Å²) in [4.78, 5) is 0. The second-order valence-corrected chi connectivity index (χ2v) is 2.23. The van der Waals surface area contributed by atoms with E-state index < -0.39 is 0 Å². The second-order valence-electron chi connectivity index (χ2n) is 2.23. The molecule has 2 rings (SSSR count). The minimum atomic E-state index is 0.765. The summed E-state index contributed by atoms with van der Waals surface area (Å²) >= 11 is 0. The van der Waals surface area contributed by atoms with E-state index in [9.17, 15) is 0 Å². The molecule has 0 fully saturated rings. The van der Waals surface area contributed by atoms with Crippen LogP contribution >= 0.6 is 0 Å². The number of hydrogen-bond acceptors (Lipinski definition) is 3. The number of hydrogen-bond donors (Lipinski definition) is 0. The Hall–Kier alpha value is -1.38. The molecule has 0 aromatic heterocycles. The van der Waals surface area contributed by atoms with Crippen molar-refractivity contribution in [3.8, 4) is 23.0 Å². The molecule has 0 radical (unpaired) electrons. The van der Waals surface area contributed by atoms with E-state index in [0.29, 0.717) is 0 Å². The molecule has 3 heteroatoms. The zero-order chi connectivity index (χ0) is 7.84. The molecule has 0 bridgehead atoms. The summed E-state index contributed by atoms with van der Waals surface area (Å²) in [5, 5.41) is 0. The van der Waals surface area contributed by atoms with Gasteiger partial charge in [-0.15, -0.1) is 0 Å². The van der Waals surface area contributed by atoms with Gasteiger partial charge in [0.25, 0.3) is 0 Å². The molecule has 1 aromatic carbocycles. The van der Waals surface area contributed by atoms with Crippen LogP contribution in [0.2, 0.25) is 0 Å². The molecule has 0 atom stereocenters. The predicted molar refractivity (Wildman–Crippen MR) is 39.6 cm³/mol. The van der Waals surface area contributed by atoms with Crippen molar-refractivity contribution >= 4 is 0 Å². The summed E-state index contributed by atoms with van der Waals surface area (Å²) in [6.07, 6.45) is 0. The minimum absolute atomic E-state index is 0.765. The van der Waals surface area contributed by atoms with E-state index in [-0.39, 0.29) is 0 Å². The van der Waals surface area contributed by atoms with E-state index in [1.165, 1.54) is 0 Å². The number of rotatable bonds is 2. The van der Waals surface area contributed by atoms with Gasteiger partial charge in [0.1, 0.15) is 0 Å². The van der Waals surface area contributed by atoms with Gasteiger partial charge in [-0.05, 0) is 12.1 Å². The van der Waals surface area contributed by atoms with Crippen LogP contribution in [0.1, 0.15) is 0 Å². The molecule has 1 aliphatic rings. The highest BCUT2D eigenvalue weighted by atomic mass is 16.6. The first-order valence-corrected chi connectivity index (χ1v) is 3.29. The second kappa shape index (κ2) is 2.05. The van der Waals surface area contributed by atoms with Gasteiger partial charge >= 0.3 is 0 Å². The maximum atomic E-state index is 5.13. The maximum Gasteiger partial charge on any atom is 0.216 e. The summed E-state index contributed by atoms with van der Waals surface area (Å²) in [5.74, 6) is 3.13. The smallest absolute Gasteiger partial charge is 0.216 e. The maximum absolute atomic E-state index is 5.13. The summed E-state index contributed by atoms with van der Waals surface area (Å²) in [7, 11) is 3.23. The van der Waals surface area contributed by atoms with Gasteiger partial charge in [0.05, 0.1) is 14.2 Å². The normalized spacial score (nSPS) is 11.5. The van der Waals surface area contributed by atoms with Crippen molar-refractivity contribution in [3.05, 3.63) is 12.1 Å². The van der Waals surface area contributed by atoms with Gasteiger partial charge < -0.3 is 14.2 Å². The van der Waals surface area contributed by atoms with Crippen LogP contribution in [0.5, 0.6) is 23.0 Å². The van der Waals surface area contributed by atoms with Crippen LogP contribution in [0.4, 0.5) is 0 Å². The minimum Gasteiger partial charge on any atom is -0.493 e. The average Bonchev–Trinajstić information content (AvgIpc) is 2.81. The Balaban J connectivity index is 2.43. The van der Waals surface area contributed by atoms with Gasteiger partial charge in [0.15, 0.2) is 11.5 Å². The van der Waals surface area contributed by atoms with E-state index in [2.05, 4.69) is 0 Å². The zero-order valence-corrected chi connectivity index (χ0v) is 6.38. The first kappa shape index (κ1) is 6.34. The summed E-state index contributed by atoms with van der Waals surface area (Å²) in [6.45, 7) is 0. The van der Waals surface area contributed by atoms with Crippen LogP contribution in [0.25, 0.3) is 0 Å². The Labute approximate surface area is 64.5 Å². The van der Waals surface area contributed by atoms with Gasteiger partial charge in [-0.1, -0.05) is 0 Å². The molecule has 0 aliphatic carbocycles. The number of methoxy groups -OCH3 is 2. The van der Waals surface area contributed by atoms with Crippen LogP contribution in [-0.2, 0) is 0 Å². The van der Waals surface area contributed by atoms with E-state index in [1.807, 2.05) is 12.1 Å². The average molecular weight is 152 g/mol. The van der Waals surface area contributed by atoms with Crippen LogP contribution in [0, 0.1) is 0 Å². The quantitative estimate of drug-likeness (QED) is 0.615. The first-order valence-electron chi connectivity index (χ1n) is 3.29. The molecule has 58 valence electrons. The van der Waals surface area contributed by atoms with Crippen molar-refractivity contribution in [2.24, 2.45) is 0 Å². The lowest BCUT2D eigenvalue weighted by Gasteiger charge is -1.95. The molecule has 1 heterocycles. The van der Waals surface area contributed by atoms with Crippen LogP contribution in [0.3, 0.4) is 0 Å². The van der Waals surface area contributed by atoms with E-state index >= 15 is 0 Å².